The van der Waals surface area contributed by atoms with Crippen LogP contribution in [0.3, 0.4) is 0 Å². The summed E-state index contributed by atoms with van der Waals surface area (Å²) in [6.07, 6.45) is 2.92. The second-order valence-corrected chi connectivity index (χ2v) is 5.10. The van der Waals surface area contributed by atoms with Crippen LogP contribution >= 0.6 is 0 Å². The summed E-state index contributed by atoms with van der Waals surface area (Å²) in [5.41, 5.74) is 1.92. The van der Waals surface area contributed by atoms with Crippen molar-refractivity contribution < 1.29 is 14.7 Å². The van der Waals surface area contributed by atoms with Crippen molar-refractivity contribution in [2.24, 2.45) is 5.92 Å². The molecular formula is C15H19NO3. The Balaban J connectivity index is 2.14. The summed E-state index contributed by atoms with van der Waals surface area (Å²) < 4.78 is 0. The normalized spacial score (nSPS) is 14.8. The third-order valence-corrected chi connectivity index (χ3v) is 3.62. The summed E-state index contributed by atoms with van der Waals surface area (Å²) in [5.74, 6) is -0.732. The summed E-state index contributed by atoms with van der Waals surface area (Å²) in [6.45, 7) is 2.23. The minimum Gasteiger partial charge on any atom is -0.481 e. The monoisotopic (exact) mass is 261 g/mol. The van der Waals surface area contributed by atoms with E-state index in [4.69, 9.17) is 5.11 Å². The molecule has 1 aliphatic carbocycles. The van der Waals surface area contributed by atoms with Gasteiger partial charge in [0.25, 0.3) is 0 Å². The number of carboxylic acids is 1. The van der Waals surface area contributed by atoms with Gasteiger partial charge in [-0.05, 0) is 31.9 Å². The molecule has 2 rings (SSSR count). The molecule has 0 saturated heterocycles. The SMILES string of the molecule is Cc1ccc(N(CCC(=O)O)C(=O)C2CCC2)cc1. The van der Waals surface area contributed by atoms with Crippen LogP contribution in [-0.4, -0.2) is 23.5 Å². The fraction of sp³-hybridized carbons (Fsp3) is 0.467. The second-order valence-electron chi connectivity index (χ2n) is 5.10. The molecule has 0 spiro atoms. The molecular weight excluding hydrogens is 242 g/mol. The summed E-state index contributed by atoms with van der Waals surface area (Å²) in [4.78, 5) is 24.7. The van der Waals surface area contributed by atoms with Gasteiger partial charge >= 0.3 is 5.97 Å². The lowest BCUT2D eigenvalue weighted by Gasteiger charge is -2.31. The van der Waals surface area contributed by atoms with Crippen LogP contribution in [0, 0.1) is 12.8 Å². The van der Waals surface area contributed by atoms with Crippen LogP contribution < -0.4 is 4.90 Å². The van der Waals surface area contributed by atoms with Gasteiger partial charge in [-0.25, -0.2) is 0 Å². The number of carbonyl (C=O) groups excluding carboxylic acids is 1. The molecule has 1 saturated carbocycles. The molecule has 4 heteroatoms. The molecule has 1 aromatic carbocycles. The van der Waals surface area contributed by atoms with Crippen molar-refractivity contribution in [3.8, 4) is 0 Å². The zero-order chi connectivity index (χ0) is 13.8. The van der Waals surface area contributed by atoms with Crippen molar-refractivity contribution in [2.75, 3.05) is 11.4 Å². The Morgan fingerprint density at radius 2 is 1.89 bits per heavy atom. The van der Waals surface area contributed by atoms with Crippen molar-refractivity contribution in [1.29, 1.82) is 0 Å². The average Bonchev–Trinajstić information content (AvgIpc) is 2.29. The van der Waals surface area contributed by atoms with E-state index in [1.54, 1.807) is 4.90 Å². The van der Waals surface area contributed by atoms with Gasteiger partial charge in [0.2, 0.25) is 5.91 Å². The Hall–Kier alpha value is -1.84. The minimum atomic E-state index is -0.876. The Kier molecular flexibility index (Phi) is 4.20. The van der Waals surface area contributed by atoms with Crippen LogP contribution in [0.15, 0.2) is 24.3 Å². The molecule has 0 radical (unpaired) electrons. The van der Waals surface area contributed by atoms with Crippen LogP contribution in [0.25, 0.3) is 0 Å². The van der Waals surface area contributed by atoms with Gasteiger partial charge in [-0.3, -0.25) is 9.59 Å². The van der Waals surface area contributed by atoms with Crippen molar-refractivity contribution in [3.05, 3.63) is 29.8 Å². The number of rotatable bonds is 5. The quantitative estimate of drug-likeness (QED) is 0.886. The third-order valence-electron chi connectivity index (χ3n) is 3.62. The second kappa shape index (κ2) is 5.87. The summed E-state index contributed by atoms with van der Waals surface area (Å²) in [7, 11) is 0. The van der Waals surface area contributed by atoms with Crippen LogP contribution in [0.2, 0.25) is 0 Å². The summed E-state index contributed by atoms with van der Waals surface area (Å²) in [6, 6.07) is 7.65. The number of aryl methyl sites for hydroxylation is 1. The highest BCUT2D eigenvalue weighted by Gasteiger charge is 2.30. The van der Waals surface area contributed by atoms with Gasteiger partial charge in [-0.2, -0.15) is 0 Å². The molecule has 1 amide bonds. The molecule has 1 fully saturated rings. The Morgan fingerprint density at radius 1 is 1.26 bits per heavy atom. The van der Waals surface area contributed by atoms with Crippen molar-refractivity contribution in [3.63, 3.8) is 0 Å². The van der Waals surface area contributed by atoms with E-state index in [0.29, 0.717) is 0 Å². The molecule has 0 unspecified atom stereocenters. The van der Waals surface area contributed by atoms with E-state index in [2.05, 4.69) is 0 Å². The van der Waals surface area contributed by atoms with E-state index < -0.39 is 5.97 Å². The van der Waals surface area contributed by atoms with Gasteiger partial charge in [0.1, 0.15) is 0 Å². The van der Waals surface area contributed by atoms with Gasteiger partial charge in [0.15, 0.2) is 0 Å². The molecule has 1 aliphatic rings. The molecule has 0 atom stereocenters. The molecule has 0 heterocycles. The summed E-state index contributed by atoms with van der Waals surface area (Å²) in [5, 5.41) is 8.81. The van der Waals surface area contributed by atoms with Crippen LogP contribution in [0.1, 0.15) is 31.2 Å². The van der Waals surface area contributed by atoms with E-state index in [0.717, 1.165) is 30.5 Å². The number of anilines is 1. The number of hydrogen-bond donors (Lipinski definition) is 1. The van der Waals surface area contributed by atoms with E-state index in [1.807, 2.05) is 31.2 Å². The molecule has 0 bridgehead atoms. The van der Waals surface area contributed by atoms with E-state index >= 15 is 0 Å². The predicted molar refractivity (Wildman–Crippen MR) is 73.1 cm³/mol. The van der Waals surface area contributed by atoms with Crippen molar-refractivity contribution >= 4 is 17.6 Å². The topological polar surface area (TPSA) is 57.6 Å². The fourth-order valence-corrected chi connectivity index (χ4v) is 2.17. The van der Waals surface area contributed by atoms with E-state index in [9.17, 15) is 9.59 Å². The van der Waals surface area contributed by atoms with Crippen molar-refractivity contribution in [1.82, 2.24) is 0 Å². The van der Waals surface area contributed by atoms with Gasteiger partial charge in [0.05, 0.1) is 6.42 Å². The number of nitrogens with zero attached hydrogens (tertiary/aromatic N) is 1. The lowest BCUT2D eigenvalue weighted by atomic mass is 9.84. The molecule has 19 heavy (non-hydrogen) atoms. The van der Waals surface area contributed by atoms with Crippen LogP contribution in [-0.2, 0) is 9.59 Å². The number of hydrogen-bond acceptors (Lipinski definition) is 2. The lowest BCUT2D eigenvalue weighted by Crippen LogP contribution is -2.40. The Labute approximate surface area is 113 Å². The Morgan fingerprint density at radius 3 is 2.37 bits per heavy atom. The highest BCUT2D eigenvalue weighted by atomic mass is 16.4. The number of amides is 1. The molecule has 102 valence electrons. The number of aliphatic carboxylic acids is 1. The van der Waals surface area contributed by atoms with E-state index in [1.165, 1.54) is 0 Å². The predicted octanol–water partition coefficient (Wildman–Crippen LogP) is 2.60. The van der Waals surface area contributed by atoms with Crippen molar-refractivity contribution in [2.45, 2.75) is 32.6 Å². The largest absolute Gasteiger partial charge is 0.481 e. The first-order chi connectivity index (χ1) is 9.08. The minimum absolute atomic E-state index is 0.0215. The van der Waals surface area contributed by atoms with E-state index in [-0.39, 0.29) is 24.8 Å². The van der Waals surface area contributed by atoms with Gasteiger partial charge in [-0.15, -0.1) is 0 Å². The summed E-state index contributed by atoms with van der Waals surface area (Å²) >= 11 is 0. The third kappa shape index (κ3) is 3.34. The maximum absolute atomic E-state index is 12.4. The zero-order valence-electron chi connectivity index (χ0n) is 11.1. The highest BCUT2D eigenvalue weighted by Crippen LogP contribution is 2.30. The maximum atomic E-state index is 12.4. The first kappa shape index (κ1) is 13.6. The molecule has 0 aromatic heterocycles. The zero-order valence-corrected chi connectivity index (χ0v) is 11.1. The average molecular weight is 261 g/mol. The number of benzene rings is 1. The van der Waals surface area contributed by atoms with Crippen LogP contribution in [0.5, 0.6) is 0 Å². The fourth-order valence-electron chi connectivity index (χ4n) is 2.17. The van der Waals surface area contributed by atoms with Gasteiger partial charge < -0.3 is 10.0 Å². The standard InChI is InChI=1S/C15H19NO3/c1-11-5-7-13(8-6-11)16(10-9-14(17)18)15(19)12-3-2-4-12/h5-8,12H,2-4,9-10H2,1H3,(H,17,18). The molecule has 1 N–H and O–H groups in total. The smallest absolute Gasteiger partial charge is 0.305 e. The number of carboxylic acid groups (broad SMARTS) is 1. The molecule has 0 aliphatic heterocycles. The highest BCUT2D eigenvalue weighted by molar-refractivity contribution is 5.95. The molecule has 1 aromatic rings. The first-order valence-electron chi connectivity index (χ1n) is 6.68. The number of carbonyl (C=O) groups is 2. The maximum Gasteiger partial charge on any atom is 0.305 e. The Bertz CT molecular complexity index is 463. The lowest BCUT2D eigenvalue weighted by molar-refractivity contribution is -0.136. The molecule has 4 nitrogen and oxygen atoms in total. The van der Waals surface area contributed by atoms with Crippen LogP contribution in [0.4, 0.5) is 5.69 Å². The first-order valence-corrected chi connectivity index (χ1v) is 6.68. The van der Waals surface area contributed by atoms with Gasteiger partial charge in [-0.1, -0.05) is 24.1 Å². The van der Waals surface area contributed by atoms with Gasteiger partial charge in [0, 0.05) is 18.2 Å².